The van der Waals surface area contributed by atoms with E-state index in [2.05, 4.69) is 9.39 Å². The van der Waals surface area contributed by atoms with Gasteiger partial charge in [-0.3, -0.25) is 15.0 Å². The number of benzene rings is 3. The molecule has 1 aliphatic rings. The summed E-state index contributed by atoms with van der Waals surface area (Å²) in [5, 5.41) is 11.6. The van der Waals surface area contributed by atoms with Gasteiger partial charge in [0.1, 0.15) is 0 Å². The van der Waals surface area contributed by atoms with Gasteiger partial charge in [0.2, 0.25) is 0 Å². The molecule has 0 bridgehead atoms. The Morgan fingerprint density at radius 1 is 0.903 bits per heavy atom. The molecule has 31 heavy (non-hydrogen) atoms. The average Bonchev–Trinajstić information content (AvgIpc) is 2.74. The Morgan fingerprint density at radius 3 is 2.16 bits per heavy atom. The normalized spacial score (nSPS) is 16.4. The fourth-order valence-electron chi connectivity index (χ4n) is 2.77. The Kier molecular flexibility index (Phi) is 5.57. The van der Waals surface area contributed by atoms with Gasteiger partial charge in [0, 0.05) is 12.1 Å². The van der Waals surface area contributed by atoms with Gasteiger partial charge in [-0.25, -0.2) is 4.99 Å². The number of anilines is 1. The minimum atomic E-state index is -3.89. The third kappa shape index (κ3) is 4.49. The van der Waals surface area contributed by atoms with Crippen molar-refractivity contribution in [3.05, 3.63) is 94.5 Å². The van der Waals surface area contributed by atoms with E-state index in [1.807, 2.05) is 37.3 Å². The second-order valence-electron chi connectivity index (χ2n) is 6.60. The molecule has 4 rings (SSSR count). The second-order valence-corrected chi connectivity index (χ2v) is 9.14. The molecule has 8 nitrogen and oxygen atoms in total. The van der Waals surface area contributed by atoms with Gasteiger partial charge in [-0.05, 0) is 55.1 Å². The predicted molar refractivity (Wildman–Crippen MR) is 123 cm³/mol. The van der Waals surface area contributed by atoms with Gasteiger partial charge in [-0.2, -0.15) is 8.42 Å². The number of sulfonamides is 1. The minimum Gasteiger partial charge on any atom is -0.267 e. The number of nitro groups is 1. The Morgan fingerprint density at radius 2 is 1.55 bits per heavy atom. The highest BCUT2D eigenvalue weighted by molar-refractivity contribution is 8.30. The summed E-state index contributed by atoms with van der Waals surface area (Å²) in [6.45, 7) is 1.88. The number of hydrogen-bond donors (Lipinski definition) is 0. The molecule has 1 heterocycles. The van der Waals surface area contributed by atoms with Gasteiger partial charge in [0.05, 0.1) is 21.2 Å². The number of aliphatic imine (C=N–C) groups is 1. The molecule has 0 aliphatic carbocycles. The van der Waals surface area contributed by atoms with Crippen LogP contribution in [0.5, 0.6) is 0 Å². The number of hydrogen-bond acceptors (Lipinski definition) is 6. The zero-order valence-electron chi connectivity index (χ0n) is 16.2. The van der Waals surface area contributed by atoms with E-state index in [0.29, 0.717) is 16.5 Å². The van der Waals surface area contributed by atoms with E-state index in [1.165, 1.54) is 36.4 Å². The molecular formula is C21H16N4O4S2. The summed E-state index contributed by atoms with van der Waals surface area (Å²) in [7, 11) is -3.89. The van der Waals surface area contributed by atoms with E-state index in [4.69, 9.17) is 0 Å². The average molecular weight is 453 g/mol. The highest BCUT2D eigenvalue weighted by Crippen LogP contribution is 2.36. The van der Waals surface area contributed by atoms with Crippen molar-refractivity contribution >= 4 is 49.2 Å². The van der Waals surface area contributed by atoms with Crippen molar-refractivity contribution in [2.24, 2.45) is 9.39 Å². The van der Waals surface area contributed by atoms with Gasteiger partial charge in [0.25, 0.3) is 15.7 Å². The van der Waals surface area contributed by atoms with Crippen molar-refractivity contribution in [2.75, 3.05) is 4.90 Å². The zero-order valence-corrected chi connectivity index (χ0v) is 17.9. The monoisotopic (exact) mass is 452 g/mol. The molecule has 3 aromatic carbocycles. The Bertz CT molecular complexity index is 1290. The molecule has 0 N–H and O–H groups in total. The van der Waals surface area contributed by atoms with Crippen molar-refractivity contribution in [2.45, 2.75) is 11.8 Å². The van der Waals surface area contributed by atoms with Crippen LogP contribution in [0.4, 0.5) is 17.1 Å². The van der Waals surface area contributed by atoms with Gasteiger partial charge < -0.3 is 0 Å². The Balaban J connectivity index is 1.69. The number of non-ortho nitro benzene ring substituents is 1. The van der Waals surface area contributed by atoms with Crippen LogP contribution in [0.15, 0.2) is 93.1 Å². The van der Waals surface area contributed by atoms with Gasteiger partial charge in [-0.15, -0.1) is 4.40 Å². The fraction of sp³-hybridized carbons (Fsp3) is 0.0476. The summed E-state index contributed by atoms with van der Waals surface area (Å²) in [6, 6.07) is 21.4. The summed E-state index contributed by atoms with van der Waals surface area (Å²) in [6.07, 6.45) is 0. The molecule has 1 saturated heterocycles. The van der Waals surface area contributed by atoms with Crippen LogP contribution in [0.3, 0.4) is 0 Å². The molecule has 0 unspecified atom stereocenters. The lowest BCUT2D eigenvalue weighted by molar-refractivity contribution is -0.384. The maximum absolute atomic E-state index is 12.8. The van der Waals surface area contributed by atoms with E-state index in [9.17, 15) is 18.5 Å². The number of thioether (sulfide) groups is 1. The highest BCUT2D eigenvalue weighted by atomic mass is 32.2. The topological polar surface area (TPSA) is 105 Å². The molecule has 0 radical (unpaired) electrons. The largest absolute Gasteiger partial charge is 0.284 e. The van der Waals surface area contributed by atoms with Crippen LogP contribution in [0.25, 0.3) is 0 Å². The van der Waals surface area contributed by atoms with Crippen LogP contribution in [0.2, 0.25) is 0 Å². The number of rotatable bonds is 5. The van der Waals surface area contributed by atoms with E-state index in [1.54, 1.807) is 17.0 Å². The molecule has 0 saturated carbocycles. The van der Waals surface area contributed by atoms with Crippen LogP contribution >= 0.6 is 11.8 Å². The number of amidine groups is 2. The highest BCUT2D eigenvalue weighted by Gasteiger charge is 2.35. The molecule has 10 heteroatoms. The summed E-state index contributed by atoms with van der Waals surface area (Å²) in [5.41, 5.74) is 2.14. The SMILES string of the molecule is Cc1ccc(S(=O)(=O)/N=C2\SC(=Nc3ccc([N+](=O)[O-])cc3)N2c2ccccc2)cc1. The fourth-order valence-corrected chi connectivity index (χ4v) is 4.84. The van der Waals surface area contributed by atoms with E-state index < -0.39 is 14.9 Å². The second kappa shape index (κ2) is 8.32. The Labute approximate surface area is 183 Å². The van der Waals surface area contributed by atoms with E-state index in [-0.39, 0.29) is 15.8 Å². The lowest BCUT2D eigenvalue weighted by atomic mass is 10.2. The van der Waals surface area contributed by atoms with Crippen LogP contribution in [-0.4, -0.2) is 23.7 Å². The third-order valence-corrected chi connectivity index (χ3v) is 6.69. The first kappa shape index (κ1) is 20.8. The van der Waals surface area contributed by atoms with Crippen molar-refractivity contribution in [1.29, 1.82) is 0 Å². The first-order valence-electron chi connectivity index (χ1n) is 9.11. The molecule has 0 atom stereocenters. The van der Waals surface area contributed by atoms with Crippen molar-refractivity contribution in [3.63, 3.8) is 0 Å². The van der Waals surface area contributed by atoms with Gasteiger partial charge in [-0.1, -0.05) is 35.9 Å². The van der Waals surface area contributed by atoms with Crippen LogP contribution in [-0.2, 0) is 10.0 Å². The predicted octanol–water partition coefficient (Wildman–Crippen LogP) is 4.89. The van der Waals surface area contributed by atoms with Crippen molar-refractivity contribution in [1.82, 2.24) is 0 Å². The van der Waals surface area contributed by atoms with E-state index in [0.717, 1.165) is 17.3 Å². The standard InChI is InChI=1S/C21H16N4O4S2/c1-15-7-13-19(14-8-15)31(28,29)23-21-24(17-5-3-2-4-6-17)20(30-21)22-16-9-11-18(12-10-16)25(26)27/h2-14H,1H3/b22-20?,23-21-. The molecule has 1 fully saturated rings. The van der Waals surface area contributed by atoms with E-state index >= 15 is 0 Å². The maximum atomic E-state index is 12.8. The lowest BCUT2D eigenvalue weighted by Crippen LogP contribution is -2.44. The molecule has 0 aromatic heterocycles. The van der Waals surface area contributed by atoms with Crippen LogP contribution in [0.1, 0.15) is 5.56 Å². The van der Waals surface area contributed by atoms with Gasteiger partial charge >= 0.3 is 0 Å². The summed E-state index contributed by atoms with van der Waals surface area (Å²) in [4.78, 5) is 16.6. The minimum absolute atomic E-state index is 0.0310. The summed E-state index contributed by atoms with van der Waals surface area (Å²) in [5.74, 6) is 0. The molecular weight excluding hydrogens is 436 g/mol. The summed E-state index contributed by atoms with van der Waals surface area (Å²) >= 11 is 1.12. The number of nitro benzene ring substituents is 1. The first-order chi connectivity index (χ1) is 14.8. The third-order valence-electron chi connectivity index (χ3n) is 4.38. The smallest absolute Gasteiger partial charge is 0.267 e. The zero-order chi connectivity index (χ0) is 22.0. The number of para-hydroxylation sites is 1. The maximum Gasteiger partial charge on any atom is 0.284 e. The number of aryl methyl sites for hydroxylation is 1. The van der Waals surface area contributed by atoms with Gasteiger partial charge in [0.15, 0.2) is 10.3 Å². The molecule has 3 aromatic rings. The first-order valence-corrected chi connectivity index (χ1v) is 11.4. The lowest BCUT2D eigenvalue weighted by Gasteiger charge is -2.34. The number of nitrogens with zero attached hydrogens (tertiary/aromatic N) is 4. The molecule has 0 spiro atoms. The quantitative estimate of drug-likeness (QED) is 0.403. The molecule has 156 valence electrons. The van der Waals surface area contributed by atoms with Crippen molar-refractivity contribution < 1.29 is 13.3 Å². The van der Waals surface area contributed by atoms with Crippen LogP contribution < -0.4 is 4.90 Å². The summed E-state index contributed by atoms with van der Waals surface area (Å²) < 4.78 is 29.5. The Hall–Kier alpha value is -3.50. The van der Waals surface area contributed by atoms with Crippen molar-refractivity contribution in [3.8, 4) is 0 Å². The molecule has 1 aliphatic heterocycles. The van der Waals surface area contributed by atoms with Crippen LogP contribution in [0, 0.1) is 17.0 Å². The molecule has 0 amide bonds.